The van der Waals surface area contributed by atoms with Crippen LogP contribution in [0.15, 0.2) is 182 Å². The second-order valence-electron chi connectivity index (χ2n) is 16.1. The van der Waals surface area contributed by atoms with E-state index in [1.165, 1.54) is 102 Å². The molecule has 0 bridgehead atoms. The fraction of sp³-hybridized carbons (Fsp3) is 0.0741. The molecule has 0 fully saturated rings. The van der Waals surface area contributed by atoms with E-state index in [9.17, 15) is 0 Å². The molecule has 2 heterocycles. The van der Waals surface area contributed by atoms with Gasteiger partial charge in [0, 0.05) is 36.6 Å². The molecule has 2 heteroatoms. The zero-order valence-electron chi connectivity index (χ0n) is 31.7. The smallest absolute Gasteiger partial charge is 0.0541 e. The number of fused-ring (bicyclic) bond motifs is 8. The van der Waals surface area contributed by atoms with E-state index in [0.29, 0.717) is 0 Å². The number of hydrogen-bond acceptors (Lipinski definition) is 1. The predicted octanol–water partition coefficient (Wildman–Crippen LogP) is 15.8. The maximum absolute atomic E-state index is 2.43. The summed E-state index contributed by atoms with van der Waals surface area (Å²) in [6.45, 7) is 6.95. The second kappa shape index (κ2) is 12.5. The Hall–Kier alpha value is -6.48. The van der Waals surface area contributed by atoms with Gasteiger partial charge in [0.15, 0.2) is 0 Å². The monoisotopic (exact) mass is 733 g/mol. The van der Waals surface area contributed by atoms with Crippen LogP contribution in [0.4, 0.5) is 0 Å². The van der Waals surface area contributed by atoms with Crippen molar-refractivity contribution in [2.75, 3.05) is 0 Å². The van der Waals surface area contributed by atoms with Gasteiger partial charge < -0.3 is 4.57 Å². The van der Waals surface area contributed by atoms with Crippen LogP contribution in [0, 0.1) is 0 Å². The predicted molar refractivity (Wildman–Crippen MR) is 244 cm³/mol. The number of thiophene rings is 1. The van der Waals surface area contributed by atoms with E-state index in [1.807, 2.05) is 11.3 Å². The highest BCUT2D eigenvalue weighted by Gasteiger charge is 2.21. The summed E-state index contributed by atoms with van der Waals surface area (Å²) in [6.07, 6.45) is 0. The second-order valence-corrected chi connectivity index (χ2v) is 17.1. The molecule has 0 radical (unpaired) electrons. The summed E-state index contributed by atoms with van der Waals surface area (Å²) in [4.78, 5) is 0. The third-order valence-corrected chi connectivity index (χ3v) is 13.0. The number of benzene rings is 9. The van der Waals surface area contributed by atoms with Gasteiger partial charge in [-0.25, -0.2) is 0 Å². The van der Waals surface area contributed by atoms with Crippen LogP contribution in [0.3, 0.4) is 0 Å². The average Bonchev–Trinajstić information content (AvgIpc) is 3.78. The van der Waals surface area contributed by atoms with E-state index in [-0.39, 0.29) is 5.41 Å². The summed E-state index contributed by atoms with van der Waals surface area (Å²) < 4.78 is 5.19. The lowest BCUT2D eigenvalue weighted by Gasteiger charge is -2.19. The van der Waals surface area contributed by atoms with Crippen LogP contribution >= 0.6 is 11.3 Å². The lowest BCUT2D eigenvalue weighted by atomic mass is 9.86. The van der Waals surface area contributed by atoms with Crippen molar-refractivity contribution < 1.29 is 0 Å². The van der Waals surface area contributed by atoms with Gasteiger partial charge >= 0.3 is 0 Å². The molecule has 1 nitrogen and oxygen atoms in total. The molecule has 0 aliphatic carbocycles. The molecule has 2 aromatic heterocycles. The van der Waals surface area contributed by atoms with Crippen molar-refractivity contribution in [1.29, 1.82) is 0 Å². The quantitative estimate of drug-likeness (QED) is 0.159. The van der Waals surface area contributed by atoms with E-state index >= 15 is 0 Å². The van der Waals surface area contributed by atoms with Gasteiger partial charge in [0.05, 0.1) is 11.0 Å². The SMILES string of the molecule is CC(C)(C)c1cccc2c1sc1c(-c3ccc4c(c3)c3ccccc3n4-c3ccc(-c4c5ccccc5c(-c5ccccc5)c5ccccc45)cc3)cccc12. The molecular formula is C54H39NS. The summed E-state index contributed by atoms with van der Waals surface area (Å²) >= 11 is 1.94. The Balaban J connectivity index is 1.07. The maximum Gasteiger partial charge on any atom is 0.0541 e. The van der Waals surface area contributed by atoms with Crippen molar-refractivity contribution in [3.05, 3.63) is 188 Å². The van der Waals surface area contributed by atoms with Gasteiger partial charge in [-0.15, -0.1) is 11.3 Å². The minimum Gasteiger partial charge on any atom is -0.309 e. The van der Waals surface area contributed by atoms with Crippen LogP contribution in [0.1, 0.15) is 26.3 Å². The number of nitrogens with zero attached hydrogens (tertiary/aromatic N) is 1. The Kier molecular flexibility index (Phi) is 7.36. The van der Waals surface area contributed by atoms with Crippen molar-refractivity contribution in [3.63, 3.8) is 0 Å². The van der Waals surface area contributed by atoms with E-state index in [0.717, 1.165) is 5.69 Å². The highest BCUT2D eigenvalue weighted by atomic mass is 32.1. The summed E-state index contributed by atoms with van der Waals surface area (Å²) in [5.74, 6) is 0. The van der Waals surface area contributed by atoms with Crippen LogP contribution in [-0.2, 0) is 5.41 Å². The van der Waals surface area contributed by atoms with Crippen molar-refractivity contribution in [2.45, 2.75) is 26.2 Å². The molecule has 9 aromatic carbocycles. The van der Waals surface area contributed by atoms with Crippen molar-refractivity contribution in [3.8, 4) is 39.1 Å². The summed E-state index contributed by atoms with van der Waals surface area (Å²) in [5.41, 5.74) is 12.7. The zero-order chi connectivity index (χ0) is 37.5. The van der Waals surface area contributed by atoms with E-state index < -0.39 is 0 Å². The van der Waals surface area contributed by atoms with Gasteiger partial charge in [-0.1, -0.05) is 172 Å². The molecule has 56 heavy (non-hydrogen) atoms. The molecule has 0 spiro atoms. The van der Waals surface area contributed by atoms with Crippen molar-refractivity contribution >= 4 is 74.9 Å². The fourth-order valence-corrected chi connectivity index (χ4v) is 10.7. The largest absolute Gasteiger partial charge is 0.309 e. The lowest BCUT2D eigenvalue weighted by molar-refractivity contribution is 0.597. The minimum atomic E-state index is 0.0774. The number of para-hydroxylation sites is 1. The Morgan fingerprint density at radius 3 is 1.52 bits per heavy atom. The normalized spacial score (nSPS) is 12.2. The van der Waals surface area contributed by atoms with E-state index in [1.54, 1.807) is 0 Å². The van der Waals surface area contributed by atoms with Gasteiger partial charge in [-0.2, -0.15) is 0 Å². The first-order valence-corrected chi connectivity index (χ1v) is 20.3. The Labute approximate surface area is 330 Å². The first-order valence-electron chi connectivity index (χ1n) is 19.5. The number of aromatic nitrogens is 1. The van der Waals surface area contributed by atoms with Gasteiger partial charge in [-0.3, -0.25) is 0 Å². The molecule has 0 amide bonds. The third-order valence-electron chi connectivity index (χ3n) is 11.7. The van der Waals surface area contributed by atoms with Crippen LogP contribution in [0.5, 0.6) is 0 Å². The van der Waals surface area contributed by atoms with Gasteiger partial charge in [-0.05, 0) is 96.2 Å². The van der Waals surface area contributed by atoms with Crippen molar-refractivity contribution in [2.24, 2.45) is 0 Å². The first-order chi connectivity index (χ1) is 27.4. The number of hydrogen-bond donors (Lipinski definition) is 0. The molecule has 0 aliphatic heterocycles. The first kappa shape index (κ1) is 32.9. The van der Waals surface area contributed by atoms with Gasteiger partial charge in [0.1, 0.15) is 0 Å². The Morgan fingerprint density at radius 1 is 0.375 bits per heavy atom. The molecule has 0 aliphatic rings. The van der Waals surface area contributed by atoms with E-state index in [4.69, 9.17) is 0 Å². The lowest BCUT2D eigenvalue weighted by Crippen LogP contribution is -2.10. The number of rotatable bonds is 4. The molecule has 11 aromatic rings. The molecule has 0 atom stereocenters. The molecule has 0 saturated carbocycles. The van der Waals surface area contributed by atoms with Gasteiger partial charge in [0.25, 0.3) is 0 Å². The maximum atomic E-state index is 2.43. The zero-order valence-corrected chi connectivity index (χ0v) is 32.5. The van der Waals surface area contributed by atoms with Crippen LogP contribution in [-0.4, -0.2) is 4.57 Å². The topological polar surface area (TPSA) is 4.93 Å². The summed E-state index contributed by atoms with van der Waals surface area (Å²) in [5, 5.41) is 10.3. The standard InChI is InChI=1S/C54H39NS/c1-54(2,3)47-25-14-24-45-44-23-13-22-38(52(44)56-53(45)47)36-29-32-49-46(33-36)39-17-11-12-26-48(39)55(49)37-30-27-35(28-31-37)51-42-20-9-7-18-40(42)50(34-15-5-4-6-16-34)41-19-8-10-21-43(41)51/h4-33H,1-3H3. The van der Waals surface area contributed by atoms with Crippen molar-refractivity contribution in [1.82, 2.24) is 4.57 Å². The van der Waals surface area contributed by atoms with Crippen LogP contribution in [0.25, 0.3) is 103 Å². The molecular weight excluding hydrogens is 695 g/mol. The van der Waals surface area contributed by atoms with Gasteiger partial charge in [0.2, 0.25) is 0 Å². The highest BCUT2D eigenvalue weighted by Crippen LogP contribution is 2.46. The Morgan fingerprint density at radius 2 is 0.875 bits per heavy atom. The fourth-order valence-electron chi connectivity index (χ4n) is 9.19. The highest BCUT2D eigenvalue weighted by molar-refractivity contribution is 7.26. The molecule has 0 unspecified atom stereocenters. The van der Waals surface area contributed by atoms with E-state index in [2.05, 4.69) is 207 Å². The Bertz CT molecular complexity index is 3260. The molecule has 0 saturated heterocycles. The summed E-state index contributed by atoms with van der Waals surface area (Å²) in [7, 11) is 0. The van der Waals surface area contributed by atoms with Crippen LogP contribution < -0.4 is 0 Å². The molecule has 266 valence electrons. The molecule has 11 rings (SSSR count). The third kappa shape index (κ3) is 4.99. The van der Waals surface area contributed by atoms with Crippen LogP contribution in [0.2, 0.25) is 0 Å². The summed E-state index contributed by atoms with van der Waals surface area (Å²) in [6, 6.07) is 67.4. The minimum absolute atomic E-state index is 0.0774. The average molecular weight is 734 g/mol. The molecule has 0 N–H and O–H groups in total.